The third-order valence-corrected chi connectivity index (χ3v) is 4.36. The fraction of sp³-hybridized carbons (Fsp3) is 1.00. The minimum Gasteiger partial charge on any atom is -0.394 e. The molecule has 0 spiro atoms. The van der Waals surface area contributed by atoms with Gasteiger partial charge in [0.25, 0.3) is 0 Å². The van der Waals surface area contributed by atoms with Gasteiger partial charge < -0.3 is 15.3 Å². The molecular weight excluding hydrogens is 224 g/mol. The molecule has 2 N–H and O–H groups in total. The summed E-state index contributed by atoms with van der Waals surface area (Å²) in [5, 5.41) is 12.5. The highest BCUT2D eigenvalue weighted by Crippen LogP contribution is 2.23. The van der Waals surface area contributed by atoms with E-state index in [-0.39, 0.29) is 12.1 Å². The second-order valence-electron chi connectivity index (χ2n) is 6.95. The largest absolute Gasteiger partial charge is 0.394 e. The molecular formula is C15H34N2O. The second-order valence-corrected chi connectivity index (χ2v) is 6.95. The Hall–Kier alpha value is -0.120. The predicted octanol–water partition coefficient (Wildman–Crippen LogP) is 2.49. The van der Waals surface area contributed by atoms with Crippen molar-refractivity contribution in [3.8, 4) is 0 Å². The molecule has 3 nitrogen and oxygen atoms in total. The van der Waals surface area contributed by atoms with E-state index in [1.807, 2.05) is 7.05 Å². The number of aliphatic hydroxyl groups excluding tert-OH is 1. The van der Waals surface area contributed by atoms with Crippen molar-refractivity contribution in [2.75, 3.05) is 27.2 Å². The van der Waals surface area contributed by atoms with Crippen LogP contribution < -0.4 is 5.32 Å². The van der Waals surface area contributed by atoms with Gasteiger partial charge in [-0.25, -0.2) is 0 Å². The Morgan fingerprint density at radius 1 is 1.17 bits per heavy atom. The number of unbranched alkanes of at least 4 members (excludes halogenated alkanes) is 1. The summed E-state index contributed by atoms with van der Waals surface area (Å²) < 4.78 is 0. The van der Waals surface area contributed by atoms with Crippen LogP contribution >= 0.6 is 0 Å². The number of rotatable bonds is 8. The van der Waals surface area contributed by atoms with Gasteiger partial charge in [-0.3, -0.25) is 0 Å². The summed E-state index contributed by atoms with van der Waals surface area (Å²) in [5.41, 5.74) is 0.216. The van der Waals surface area contributed by atoms with Crippen LogP contribution in [0.3, 0.4) is 0 Å². The van der Waals surface area contributed by atoms with Gasteiger partial charge in [0.05, 0.1) is 6.61 Å². The van der Waals surface area contributed by atoms with Gasteiger partial charge in [0.15, 0.2) is 0 Å². The van der Waals surface area contributed by atoms with Crippen LogP contribution in [0.4, 0.5) is 0 Å². The highest BCUT2D eigenvalue weighted by Gasteiger charge is 2.24. The van der Waals surface area contributed by atoms with E-state index in [4.69, 9.17) is 0 Å². The summed E-state index contributed by atoms with van der Waals surface area (Å²) in [4.78, 5) is 2.44. The molecule has 18 heavy (non-hydrogen) atoms. The van der Waals surface area contributed by atoms with Crippen molar-refractivity contribution in [1.29, 1.82) is 0 Å². The van der Waals surface area contributed by atoms with E-state index in [0.717, 1.165) is 19.4 Å². The van der Waals surface area contributed by atoms with Crippen LogP contribution in [0.25, 0.3) is 0 Å². The van der Waals surface area contributed by atoms with E-state index < -0.39 is 0 Å². The predicted molar refractivity (Wildman–Crippen MR) is 79.9 cm³/mol. The monoisotopic (exact) mass is 258 g/mol. The van der Waals surface area contributed by atoms with Gasteiger partial charge >= 0.3 is 0 Å². The molecule has 0 heterocycles. The smallest absolute Gasteiger partial charge is 0.0610 e. The summed E-state index contributed by atoms with van der Waals surface area (Å²) in [6.07, 6.45) is 3.37. The van der Waals surface area contributed by atoms with Gasteiger partial charge in [-0.2, -0.15) is 0 Å². The summed E-state index contributed by atoms with van der Waals surface area (Å²) in [7, 11) is 4.13. The lowest BCUT2D eigenvalue weighted by Crippen LogP contribution is -2.43. The fourth-order valence-electron chi connectivity index (χ4n) is 2.01. The third-order valence-electron chi connectivity index (χ3n) is 4.36. The maximum Gasteiger partial charge on any atom is 0.0610 e. The van der Waals surface area contributed by atoms with E-state index in [9.17, 15) is 5.11 Å². The molecule has 0 saturated carbocycles. The molecule has 0 rings (SSSR count). The minimum absolute atomic E-state index is 0.117. The quantitative estimate of drug-likeness (QED) is 0.657. The molecule has 110 valence electrons. The van der Waals surface area contributed by atoms with Crippen molar-refractivity contribution in [1.82, 2.24) is 10.2 Å². The summed E-state index contributed by atoms with van der Waals surface area (Å²) in [6.45, 7) is 12.6. The van der Waals surface area contributed by atoms with Crippen LogP contribution in [-0.2, 0) is 0 Å². The van der Waals surface area contributed by atoms with E-state index in [1.165, 1.54) is 6.42 Å². The zero-order valence-electron chi connectivity index (χ0n) is 13.5. The number of nitrogens with one attached hydrogen (secondary N) is 1. The lowest BCUT2D eigenvalue weighted by molar-refractivity contribution is 0.134. The Kier molecular flexibility index (Phi) is 7.41. The van der Waals surface area contributed by atoms with Crippen LogP contribution in [0, 0.1) is 5.41 Å². The highest BCUT2D eigenvalue weighted by atomic mass is 16.3. The van der Waals surface area contributed by atoms with Crippen LogP contribution in [-0.4, -0.2) is 48.8 Å². The molecule has 0 fully saturated rings. The maximum absolute atomic E-state index is 9.32. The van der Waals surface area contributed by atoms with Crippen LogP contribution in [0.15, 0.2) is 0 Å². The second kappa shape index (κ2) is 7.46. The molecule has 0 amide bonds. The molecule has 0 aliphatic rings. The normalized spacial score (nSPS) is 17.8. The Balaban J connectivity index is 3.92. The summed E-state index contributed by atoms with van der Waals surface area (Å²) in [6, 6.07) is 0.589. The topological polar surface area (TPSA) is 35.5 Å². The van der Waals surface area contributed by atoms with Crippen LogP contribution in [0.1, 0.15) is 53.9 Å². The fourth-order valence-corrected chi connectivity index (χ4v) is 2.01. The molecule has 0 aromatic carbocycles. The van der Waals surface area contributed by atoms with Crippen molar-refractivity contribution in [3.63, 3.8) is 0 Å². The van der Waals surface area contributed by atoms with Crippen molar-refractivity contribution < 1.29 is 5.11 Å². The lowest BCUT2D eigenvalue weighted by atomic mass is 9.87. The molecule has 0 radical (unpaired) electrons. The number of hydrogen-bond acceptors (Lipinski definition) is 3. The molecule has 3 heteroatoms. The molecule has 0 aromatic rings. The van der Waals surface area contributed by atoms with Crippen LogP contribution in [0.5, 0.6) is 0 Å². The number of nitrogens with zero attached hydrogens (tertiary/aromatic N) is 1. The van der Waals surface area contributed by atoms with Gasteiger partial charge in [0, 0.05) is 11.6 Å². The van der Waals surface area contributed by atoms with Crippen molar-refractivity contribution in [2.24, 2.45) is 5.41 Å². The van der Waals surface area contributed by atoms with Gasteiger partial charge in [0.1, 0.15) is 0 Å². The van der Waals surface area contributed by atoms with Gasteiger partial charge in [-0.1, -0.05) is 27.2 Å². The lowest BCUT2D eigenvalue weighted by Gasteiger charge is -2.35. The van der Waals surface area contributed by atoms with E-state index in [0.29, 0.717) is 11.5 Å². The molecule has 0 aliphatic heterocycles. The number of aliphatic hydroxyl groups is 1. The van der Waals surface area contributed by atoms with E-state index in [2.05, 4.69) is 51.9 Å². The summed E-state index contributed by atoms with van der Waals surface area (Å²) in [5.74, 6) is 0. The first-order chi connectivity index (χ1) is 8.16. The van der Waals surface area contributed by atoms with E-state index >= 15 is 0 Å². The van der Waals surface area contributed by atoms with Crippen molar-refractivity contribution >= 4 is 0 Å². The molecule has 2 unspecified atom stereocenters. The molecule has 2 atom stereocenters. The standard InChI is InChI=1S/C15H34N2O/c1-13(14(2,3)4)17(7)11-9-8-10-15(5,12-18)16-6/h13,16,18H,8-12H2,1-7H3. The van der Waals surface area contributed by atoms with Gasteiger partial charge in [-0.05, 0) is 52.7 Å². The Morgan fingerprint density at radius 2 is 1.72 bits per heavy atom. The maximum atomic E-state index is 9.32. The molecule has 0 bridgehead atoms. The molecule has 0 aliphatic carbocycles. The Morgan fingerprint density at radius 3 is 2.11 bits per heavy atom. The zero-order valence-corrected chi connectivity index (χ0v) is 13.5. The Labute approximate surface area is 114 Å². The van der Waals surface area contributed by atoms with E-state index in [1.54, 1.807) is 0 Å². The van der Waals surface area contributed by atoms with Crippen molar-refractivity contribution in [3.05, 3.63) is 0 Å². The van der Waals surface area contributed by atoms with Gasteiger partial charge in [-0.15, -0.1) is 0 Å². The highest BCUT2D eigenvalue weighted by molar-refractivity contribution is 4.81. The van der Waals surface area contributed by atoms with Gasteiger partial charge in [0.2, 0.25) is 0 Å². The van der Waals surface area contributed by atoms with Crippen LogP contribution in [0.2, 0.25) is 0 Å². The first kappa shape index (κ1) is 17.9. The summed E-state index contributed by atoms with van der Waals surface area (Å²) >= 11 is 0. The Bertz CT molecular complexity index is 219. The molecule has 0 aromatic heterocycles. The molecule has 0 saturated heterocycles. The minimum atomic E-state index is -0.117. The average Bonchev–Trinajstić information content (AvgIpc) is 2.31. The average molecular weight is 258 g/mol. The number of hydrogen-bond donors (Lipinski definition) is 2. The number of likely N-dealkylation sites (N-methyl/N-ethyl adjacent to an activating group) is 1. The van der Waals surface area contributed by atoms with Crippen molar-refractivity contribution in [2.45, 2.75) is 65.5 Å². The zero-order chi connectivity index (χ0) is 14.4. The first-order valence-corrected chi connectivity index (χ1v) is 7.16. The third kappa shape index (κ3) is 6.17. The SMILES string of the molecule is CNC(C)(CO)CCCCN(C)C(C)C(C)(C)C. The first-order valence-electron chi connectivity index (χ1n) is 7.16.